The quantitative estimate of drug-likeness (QED) is 0.783. The van der Waals surface area contributed by atoms with Crippen LogP contribution in [0.1, 0.15) is 24.8 Å². The summed E-state index contributed by atoms with van der Waals surface area (Å²) >= 11 is 0. The molecule has 4 bridgehead atoms. The van der Waals surface area contributed by atoms with Gasteiger partial charge in [0.25, 0.3) is 0 Å². The zero-order valence-electron chi connectivity index (χ0n) is 12.2. The highest BCUT2D eigenvalue weighted by Gasteiger charge is 2.75. The van der Waals surface area contributed by atoms with E-state index in [1.54, 1.807) is 0 Å². The summed E-state index contributed by atoms with van der Waals surface area (Å²) in [7, 11) is 1.52. The molecule has 21 heavy (non-hydrogen) atoms. The van der Waals surface area contributed by atoms with Crippen LogP contribution in [-0.4, -0.2) is 19.2 Å². The van der Waals surface area contributed by atoms with Gasteiger partial charge in [0, 0.05) is 5.92 Å². The smallest absolute Gasteiger partial charge is 0.309 e. The van der Waals surface area contributed by atoms with E-state index < -0.39 is 0 Å². The summed E-state index contributed by atoms with van der Waals surface area (Å²) in [5.41, 5.74) is 1.20. The van der Waals surface area contributed by atoms with Gasteiger partial charge in [-0.2, -0.15) is 0 Å². The fourth-order valence-electron chi connectivity index (χ4n) is 6.10. The molecule has 1 aromatic rings. The van der Waals surface area contributed by atoms with E-state index in [2.05, 4.69) is 30.3 Å². The van der Waals surface area contributed by atoms with E-state index in [0.717, 1.165) is 12.8 Å². The molecule has 0 amide bonds. The first kappa shape index (κ1) is 12.2. The van der Waals surface area contributed by atoms with Crippen LogP contribution in [0.2, 0.25) is 0 Å². The molecule has 5 fully saturated rings. The van der Waals surface area contributed by atoms with E-state index in [9.17, 15) is 4.79 Å². The Kier molecular flexibility index (Phi) is 2.26. The van der Waals surface area contributed by atoms with Crippen LogP contribution < -0.4 is 0 Å². The van der Waals surface area contributed by atoms with E-state index in [4.69, 9.17) is 9.47 Å². The van der Waals surface area contributed by atoms with Gasteiger partial charge in [-0.25, -0.2) is 0 Å². The summed E-state index contributed by atoms with van der Waals surface area (Å²) in [4.78, 5) is 12.3. The Labute approximate surface area is 124 Å². The van der Waals surface area contributed by atoms with Crippen molar-refractivity contribution >= 4 is 5.97 Å². The first-order chi connectivity index (χ1) is 10.3. The summed E-state index contributed by atoms with van der Waals surface area (Å²) in [5, 5.41) is 0. The van der Waals surface area contributed by atoms with Gasteiger partial charge in [-0.05, 0) is 42.6 Å². The van der Waals surface area contributed by atoms with Crippen molar-refractivity contribution in [2.75, 3.05) is 7.11 Å². The van der Waals surface area contributed by atoms with E-state index >= 15 is 0 Å². The molecule has 1 aliphatic heterocycles. The minimum Gasteiger partial charge on any atom is -0.469 e. The molecule has 6 rings (SSSR count). The topological polar surface area (TPSA) is 35.5 Å². The molecule has 7 atom stereocenters. The van der Waals surface area contributed by atoms with Crippen LogP contribution in [0.4, 0.5) is 0 Å². The average Bonchev–Trinajstić information content (AvgIpc) is 2.66. The molecule has 1 aromatic carbocycles. The highest BCUT2D eigenvalue weighted by atomic mass is 16.5. The van der Waals surface area contributed by atoms with Crippen LogP contribution in [0.5, 0.6) is 0 Å². The number of esters is 1. The van der Waals surface area contributed by atoms with Gasteiger partial charge >= 0.3 is 5.97 Å². The van der Waals surface area contributed by atoms with Gasteiger partial charge in [0.2, 0.25) is 0 Å². The molecular formula is C18H20O3. The van der Waals surface area contributed by atoms with Crippen LogP contribution in [0, 0.1) is 29.6 Å². The summed E-state index contributed by atoms with van der Waals surface area (Å²) in [5.74, 6) is 2.19. The normalized spacial score (nSPS) is 48.8. The molecule has 7 unspecified atom stereocenters. The molecule has 4 saturated carbocycles. The van der Waals surface area contributed by atoms with Crippen molar-refractivity contribution < 1.29 is 14.3 Å². The third kappa shape index (κ3) is 1.28. The average molecular weight is 284 g/mol. The molecule has 3 nitrogen and oxygen atoms in total. The number of hydrogen-bond acceptors (Lipinski definition) is 3. The van der Waals surface area contributed by atoms with Crippen LogP contribution >= 0.6 is 0 Å². The lowest BCUT2D eigenvalue weighted by Gasteiger charge is -2.61. The standard InChI is InChI=1S/C18H20O3/c1-20-17(19)14-12-8-7-11-13(14)9-18(15(11)16(12)21-18)10-5-3-2-4-6-10/h2-6,11-16H,7-9H2,1H3. The zero-order chi connectivity index (χ0) is 14.2. The second kappa shape index (κ2) is 3.89. The zero-order valence-corrected chi connectivity index (χ0v) is 12.2. The second-order valence-corrected chi connectivity index (χ2v) is 7.19. The Morgan fingerprint density at radius 3 is 2.71 bits per heavy atom. The fraction of sp³-hybridized carbons (Fsp3) is 0.611. The molecule has 3 heteroatoms. The molecule has 4 aliphatic carbocycles. The number of fused-ring (bicyclic) bond motifs is 1. The molecule has 110 valence electrons. The van der Waals surface area contributed by atoms with E-state index in [1.807, 2.05) is 0 Å². The third-order valence-corrected chi connectivity index (χ3v) is 6.70. The molecule has 0 aromatic heterocycles. The Bertz CT molecular complexity index is 598. The Balaban J connectivity index is 1.59. The molecule has 0 radical (unpaired) electrons. The van der Waals surface area contributed by atoms with E-state index in [1.165, 1.54) is 19.1 Å². The van der Waals surface area contributed by atoms with Crippen LogP contribution in [0.15, 0.2) is 30.3 Å². The molecule has 1 heterocycles. The number of carbonyl (C=O) groups excluding carboxylic acids is 1. The maximum absolute atomic E-state index is 12.3. The largest absolute Gasteiger partial charge is 0.469 e. The van der Waals surface area contributed by atoms with Crippen molar-refractivity contribution in [2.45, 2.75) is 31.0 Å². The molecule has 0 N–H and O–H groups in total. The van der Waals surface area contributed by atoms with Gasteiger partial charge in [-0.3, -0.25) is 4.79 Å². The minimum absolute atomic E-state index is 0.00693. The van der Waals surface area contributed by atoms with Crippen LogP contribution in [0.3, 0.4) is 0 Å². The predicted octanol–water partition coefficient (Wildman–Crippen LogP) is 2.75. The van der Waals surface area contributed by atoms with Gasteiger partial charge in [0.1, 0.15) is 0 Å². The van der Waals surface area contributed by atoms with Crippen molar-refractivity contribution in [1.82, 2.24) is 0 Å². The summed E-state index contributed by atoms with van der Waals surface area (Å²) in [6, 6.07) is 10.6. The highest BCUT2D eigenvalue weighted by Crippen LogP contribution is 2.73. The fourth-order valence-corrected chi connectivity index (χ4v) is 6.10. The first-order valence-corrected chi connectivity index (χ1v) is 8.07. The lowest BCUT2D eigenvalue weighted by atomic mass is 9.54. The van der Waals surface area contributed by atoms with Crippen molar-refractivity contribution in [3.63, 3.8) is 0 Å². The molecular weight excluding hydrogens is 264 g/mol. The van der Waals surface area contributed by atoms with Gasteiger partial charge in [-0.1, -0.05) is 30.3 Å². The monoisotopic (exact) mass is 284 g/mol. The molecule has 0 spiro atoms. The Morgan fingerprint density at radius 1 is 1.19 bits per heavy atom. The lowest BCUT2D eigenvalue weighted by molar-refractivity contribution is -0.303. The summed E-state index contributed by atoms with van der Waals surface area (Å²) < 4.78 is 11.6. The molecule has 1 saturated heterocycles. The minimum atomic E-state index is -0.108. The van der Waals surface area contributed by atoms with Gasteiger partial charge < -0.3 is 9.47 Å². The van der Waals surface area contributed by atoms with E-state index in [0.29, 0.717) is 23.7 Å². The van der Waals surface area contributed by atoms with Crippen molar-refractivity contribution in [1.29, 1.82) is 0 Å². The molecule has 5 aliphatic rings. The van der Waals surface area contributed by atoms with E-state index in [-0.39, 0.29) is 23.6 Å². The van der Waals surface area contributed by atoms with Gasteiger partial charge in [0.05, 0.1) is 24.7 Å². The second-order valence-electron chi connectivity index (χ2n) is 7.19. The van der Waals surface area contributed by atoms with Crippen molar-refractivity contribution in [2.24, 2.45) is 29.6 Å². The van der Waals surface area contributed by atoms with Gasteiger partial charge in [0.15, 0.2) is 0 Å². The van der Waals surface area contributed by atoms with Crippen LogP contribution in [-0.2, 0) is 19.9 Å². The lowest BCUT2D eigenvalue weighted by Crippen LogP contribution is -2.64. The van der Waals surface area contributed by atoms with Crippen molar-refractivity contribution in [3.05, 3.63) is 35.9 Å². The number of rotatable bonds is 2. The maximum atomic E-state index is 12.3. The maximum Gasteiger partial charge on any atom is 0.309 e. The third-order valence-electron chi connectivity index (χ3n) is 6.70. The number of ether oxygens (including phenoxy) is 2. The van der Waals surface area contributed by atoms with Crippen molar-refractivity contribution in [3.8, 4) is 0 Å². The van der Waals surface area contributed by atoms with Crippen LogP contribution in [0.25, 0.3) is 0 Å². The highest BCUT2D eigenvalue weighted by molar-refractivity contribution is 5.74. The predicted molar refractivity (Wildman–Crippen MR) is 76.3 cm³/mol. The number of hydrogen-bond donors (Lipinski definition) is 0. The first-order valence-electron chi connectivity index (χ1n) is 8.07. The summed E-state index contributed by atoms with van der Waals surface area (Å²) in [6.07, 6.45) is 3.68. The number of benzene rings is 1. The van der Waals surface area contributed by atoms with Gasteiger partial charge in [-0.15, -0.1) is 0 Å². The summed E-state index contributed by atoms with van der Waals surface area (Å²) in [6.45, 7) is 0. The SMILES string of the molecule is COC(=O)C1C2CC3(c4ccccc4)OC4C1CCC2C43. The number of methoxy groups -OCH3 is 1. The Morgan fingerprint density at radius 2 is 1.95 bits per heavy atom. The Hall–Kier alpha value is -1.35. The number of carbonyl (C=O) groups is 1.